The minimum atomic E-state index is -3.69. The van der Waals surface area contributed by atoms with E-state index in [2.05, 4.69) is 10.5 Å². The lowest BCUT2D eigenvalue weighted by atomic mass is 9.91. The molecule has 0 bridgehead atoms. The van der Waals surface area contributed by atoms with E-state index in [-0.39, 0.29) is 16.1 Å². The van der Waals surface area contributed by atoms with Crippen molar-refractivity contribution in [1.82, 2.24) is 5.43 Å². The number of anilines is 1. The van der Waals surface area contributed by atoms with E-state index in [0.29, 0.717) is 5.02 Å². The van der Waals surface area contributed by atoms with Crippen molar-refractivity contribution in [3.63, 3.8) is 0 Å². The summed E-state index contributed by atoms with van der Waals surface area (Å²) in [5.74, 6) is -0.560. The van der Waals surface area contributed by atoms with Gasteiger partial charge in [-0.15, -0.1) is 0 Å². The summed E-state index contributed by atoms with van der Waals surface area (Å²) in [5, 5.41) is 4.50. The zero-order chi connectivity index (χ0) is 18.7. The van der Waals surface area contributed by atoms with Gasteiger partial charge in [0.05, 0.1) is 22.0 Å². The second-order valence-electron chi connectivity index (χ2n) is 6.35. The highest BCUT2D eigenvalue weighted by Crippen LogP contribution is 2.28. The number of hydrogen-bond donors (Lipinski definition) is 1. The van der Waals surface area contributed by atoms with Gasteiger partial charge in [-0.25, -0.2) is 13.8 Å². The fraction of sp³-hybridized carbons (Fsp3) is 0.467. The lowest BCUT2D eigenvalue weighted by molar-refractivity contribution is -0.119. The number of amides is 1. The summed E-state index contributed by atoms with van der Waals surface area (Å²) < 4.78 is 24.9. The minimum Gasteiger partial charge on any atom is -0.271 e. The predicted octanol–water partition coefficient (Wildman–Crippen LogP) is 3.30. The van der Waals surface area contributed by atoms with Crippen molar-refractivity contribution in [2.75, 3.05) is 17.1 Å². The topological polar surface area (TPSA) is 78.8 Å². The lowest BCUT2D eigenvalue weighted by Crippen LogP contribution is -2.39. The largest absolute Gasteiger partial charge is 0.271 e. The summed E-state index contributed by atoms with van der Waals surface area (Å²) in [6, 6.07) is 4.34. The third kappa shape index (κ3) is 5.96. The number of carbonyl (C=O) groups excluding carboxylic acids is 1. The minimum absolute atomic E-state index is 0.199. The van der Waals surface area contributed by atoms with E-state index < -0.39 is 22.5 Å². The molecule has 24 heavy (non-hydrogen) atoms. The molecule has 0 aliphatic carbocycles. The number of hydrazone groups is 1. The van der Waals surface area contributed by atoms with Crippen LogP contribution in [0.2, 0.25) is 10.0 Å². The van der Waals surface area contributed by atoms with Gasteiger partial charge >= 0.3 is 0 Å². The molecular formula is C15H21Cl2N3O3S. The van der Waals surface area contributed by atoms with Crippen LogP contribution >= 0.6 is 23.2 Å². The van der Waals surface area contributed by atoms with Crippen LogP contribution in [-0.2, 0) is 14.8 Å². The Balaban J connectivity index is 3.00. The van der Waals surface area contributed by atoms with Crippen LogP contribution in [0.5, 0.6) is 0 Å². The molecule has 0 radical (unpaired) electrons. The van der Waals surface area contributed by atoms with Gasteiger partial charge in [0.2, 0.25) is 10.0 Å². The highest BCUT2D eigenvalue weighted by Gasteiger charge is 2.22. The van der Waals surface area contributed by atoms with Gasteiger partial charge in [-0.1, -0.05) is 44.0 Å². The monoisotopic (exact) mass is 393 g/mol. The van der Waals surface area contributed by atoms with Crippen LogP contribution in [0.25, 0.3) is 0 Å². The van der Waals surface area contributed by atoms with Crippen molar-refractivity contribution in [3.05, 3.63) is 28.2 Å². The fourth-order valence-corrected chi connectivity index (χ4v) is 2.66. The van der Waals surface area contributed by atoms with Crippen LogP contribution in [-0.4, -0.2) is 32.8 Å². The molecule has 6 nitrogen and oxygen atoms in total. The third-order valence-corrected chi connectivity index (χ3v) is 5.19. The molecule has 0 saturated heterocycles. The van der Waals surface area contributed by atoms with Gasteiger partial charge in [0.25, 0.3) is 5.91 Å². The number of halogens is 2. The summed E-state index contributed by atoms with van der Waals surface area (Å²) in [4.78, 5) is 12.1. The number of benzene rings is 1. The molecular weight excluding hydrogens is 373 g/mol. The normalized spacial score (nSPS) is 12.9. The molecule has 0 heterocycles. The first-order chi connectivity index (χ1) is 10.8. The molecule has 0 aliphatic heterocycles. The van der Waals surface area contributed by atoms with Crippen molar-refractivity contribution in [1.29, 1.82) is 0 Å². The molecule has 1 rings (SSSR count). The van der Waals surface area contributed by atoms with E-state index in [4.69, 9.17) is 23.2 Å². The summed E-state index contributed by atoms with van der Waals surface area (Å²) >= 11 is 11.8. The average molecular weight is 394 g/mol. The van der Waals surface area contributed by atoms with Crippen LogP contribution in [0, 0.1) is 5.41 Å². The van der Waals surface area contributed by atoms with E-state index in [1.54, 1.807) is 6.92 Å². The van der Waals surface area contributed by atoms with Crippen LogP contribution < -0.4 is 9.73 Å². The SMILES string of the molecule is C/C(=N/NC(=O)CN(c1ccc(Cl)c(Cl)c1)S(C)(=O)=O)C(C)(C)C. The number of nitrogens with zero attached hydrogens (tertiary/aromatic N) is 2. The predicted molar refractivity (Wildman–Crippen MR) is 99.4 cm³/mol. The van der Waals surface area contributed by atoms with Crippen molar-refractivity contribution < 1.29 is 13.2 Å². The zero-order valence-corrected chi connectivity index (χ0v) is 16.6. The van der Waals surface area contributed by atoms with E-state index in [0.717, 1.165) is 16.3 Å². The van der Waals surface area contributed by atoms with E-state index in [1.165, 1.54) is 18.2 Å². The number of carbonyl (C=O) groups is 1. The molecule has 1 aromatic rings. The van der Waals surface area contributed by atoms with E-state index >= 15 is 0 Å². The Hall–Kier alpha value is -1.31. The molecule has 0 aromatic heterocycles. The average Bonchev–Trinajstić information content (AvgIpc) is 2.43. The molecule has 9 heteroatoms. The van der Waals surface area contributed by atoms with Crippen LogP contribution in [0.15, 0.2) is 23.3 Å². The zero-order valence-electron chi connectivity index (χ0n) is 14.2. The number of rotatable bonds is 5. The molecule has 0 aliphatic rings. The highest BCUT2D eigenvalue weighted by molar-refractivity contribution is 7.92. The van der Waals surface area contributed by atoms with E-state index in [9.17, 15) is 13.2 Å². The molecule has 0 unspecified atom stereocenters. The molecule has 0 spiro atoms. The number of hydrogen-bond acceptors (Lipinski definition) is 4. The molecule has 0 saturated carbocycles. The Morgan fingerprint density at radius 3 is 2.29 bits per heavy atom. The van der Waals surface area contributed by atoms with Gasteiger partial charge < -0.3 is 0 Å². The Labute approximate surface area is 152 Å². The Kier molecular flexibility index (Phi) is 6.67. The maximum atomic E-state index is 12.1. The van der Waals surface area contributed by atoms with Gasteiger partial charge in [-0.3, -0.25) is 9.10 Å². The molecule has 0 fully saturated rings. The molecule has 0 atom stereocenters. The number of sulfonamides is 1. The quantitative estimate of drug-likeness (QED) is 0.615. The van der Waals surface area contributed by atoms with Gasteiger partial charge in [0.15, 0.2) is 0 Å². The van der Waals surface area contributed by atoms with E-state index in [1.807, 2.05) is 20.8 Å². The Morgan fingerprint density at radius 2 is 1.83 bits per heavy atom. The van der Waals surface area contributed by atoms with Gasteiger partial charge in [0.1, 0.15) is 6.54 Å². The standard InChI is InChI=1S/C15H21Cl2N3O3S/c1-10(15(2,3)4)18-19-14(21)9-20(24(5,22)23)11-6-7-12(16)13(17)8-11/h6-8H,9H2,1-5H3,(H,19,21)/b18-10-. The first kappa shape index (κ1) is 20.7. The van der Waals surface area contributed by atoms with Crippen LogP contribution in [0.1, 0.15) is 27.7 Å². The smallest absolute Gasteiger partial charge is 0.260 e. The summed E-state index contributed by atoms with van der Waals surface area (Å²) in [5.41, 5.74) is 3.14. The highest BCUT2D eigenvalue weighted by atomic mass is 35.5. The maximum absolute atomic E-state index is 12.1. The molecule has 1 amide bonds. The lowest BCUT2D eigenvalue weighted by Gasteiger charge is -2.22. The maximum Gasteiger partial charge on any atom is 0.260 e. The van der Waals surface area contributed by atoms with Gasteiger partial charge in [-0.2, -0.15) is 5.10 Å². The van der Waals surface area contributed by atoms with Gasteiger partial charge in [-0.05, 0) is 25.1 Å². The summed E-state index contributed by atoms with van der Waals surface area (Å²) in [6.45, 7) is 7.23. The van der Waals surface area contributed by atoms with Crippen molar-refractivity contribution in [2.45, 2.75) is 27.7 Å². The molecule has 1 N–H and O–H groups in total. The first-order valence-corrected chi connectivity index (χ1v) is 9.69. The summed E-state index contributed by atoms with van der Waals surface area (Å²) in [6.07, 6.45) is 1.01. The second-order valence-corrected chi connectivity index (χ2v) is 9.07. The van der Waals surface area contributed by atoms with Crippen molar-refractivity contribution in [2.24, 2.45) is 10.5 Å². The molecule has 1 aromatic carbocycles. The fourth-order valence-electron chi connectivity index (χ4n) is 1.52. The Bertz CT molecular complexity index is 756. The van der Waals surface area contributed by atoms with Gasteiger partial charge in [0, 0.05) is 11.1 Å². The summed E-state index contributed by atoms with van der Waals surface area (Å²) in [7, 11) is -3.69. The Morgan fingerprint density at radius 1 is 1.25 bits per heavy atom. The first-order valence-electron chi connectivity index (χ1n) is 7.08. The van der Waals surface area contributed by atoms with Crippen LogP contribution in [0.4, 0.5) is 5.69 Å². The van der Waals surface area contributed by atoms with Crippen LogP contribution in [0.3, 0.4) is 0 Å². The number of nitrogens with one attached hydrogen (secondary N) is 1. The van der Waals surface area contributed by atoms with Crippen molar-refractivity contribution >= 4 is 50.5 Å². The van der Waals surface area contributed by atoms with Crippen molar-refractivity contribution in [3.8, 4) is 0 Å². The third-order valence-electron chi connectivity index (χ3n) is 3.31. The second kappa shape index (κ2) is 7.72. The molecule has 134 valence electrons.